The van der Waals surface area contributed by atoms with Crippen LogP contribution < -0.4 is 15.6 Å². The Balaban J connectivity index is 1.55. The number of hydrogen-bond donors (Lipinski definition) is 4. The zero-order valence-electron chi connectivity index (χ0n) is 18.8. The first-order chi connectivity index (χ1) is 17.3. The highest BCUT2D eigenvalue weighted by atomic mass is 16.6. The van der Waals surface area contributed by atoms with Gasteiger partial charge in [-0.1, -0.05) is 6.08 Å². The lowest BCUT2D eigenvalue weighted by atomic mass is 10.00. The summed E-state index contributed by atoms with van der Waals surface area (Å²) in [6.07, 6.45) is 13.6. The third kappa shape index (κ3) is 2.77. The third-order valence-corrected chi connectivity index (χ3v) is 6.81. The Labute approximate surface area is 199 Å². The Morgan fingerprint density at radius 3 is 2.83 bits per heavy atom. The van der Waals surface area contributed by atoms with E-state index >= 15 is 0 Å². The van der Waals surface area contributed by atoms with Gasteiger partial charge >= 0.3 is 5.85 Å². The molecule has 35 heavy (non-hydrogen) atoms. The summed E-state index contributed by atoms with van der Waals surface area (Å²) in [7, 11) is 0. The lowest BCUT2D eigenvalue weighted by Crippen LogP contribution is -2.69. The quantitative estimate of drug-likeness (QED) is 0.338. The van der Waals surface area contributed by atoms with E-state index in [1.54, 1.807) is 37.4 Å². The second-order valence-electron chi connectivity index (χ2n) is 8.57. The Kier molecular flexibility index (Phi) is 4.63. The Bertz CT molecular complexity index is 1180. The van der Waals surface area contributed by atoms with Gasteiger partial charge in [-0.15, -0.1) is 0 Å². The summed E-state index contributed by atoms with van der Waals surface area (Å²) in [5, 5.41) is 17.1. The molecule has 0 bridgehead atoms. The van der Waals surface area contributed by atoms with Crippen molar-refractivity contribution in [3.05, 3.63) is 54.9 Å². The van der Waals surface area contributed by atoms with Crippen molar-refractivity contribution in [3.8, 4) is 0 Å². The van der Waals surface area contributed by atoms with E-state index in [9.17, 15) is 0 Å². The maximum Gasteiger partial charge on any atom is 0.309 e. The Hall–Kier alpha value is -3.79. The van der Waals surface area contributed by atoms with Gasteiger partial charge < -0.3 is 29.8 Å². The molecule has 3 aromatic heterocycles. The zero-order chi connectivity index (χ0) is 23.3. The molecule has 0 spiro atoms. The van der Waals surface area contributed by atoms with Gasteiger partial charge in [0.25, 0.3) is 5.89 Å². The summed E-state index contributed by atoms with van der Waals surface area (Å²) in [5.74, 6) is -0.426. The van der Waals surface area contributed by atoms with Crippen LogP contribution >= 0.6 is 0 Å². The molecule has 15 nitrogen and oxygen atoms in total. The van der Waals surface area contributed by atoms with Gasteiger partial charge in [0.2, 0.25) is 11.6 Å². The molecule has 4 aliphatic rings. The summed E-state index contributed by atoms with van der Waals surface area (Å²) in [6, 6.07) is 0. The predicted octanol–water partition coefficient (Wildman–Crippen LogP) is -1.12. The van der Waals surface area contributed by atoms with Gasteiger partial charge in [-0.3, -0.25) is 14.8 Å². The van der Waals surface area contributed by atoms with Crippen molar-refractivity contribution in [2.24, 2.45) is 4.99 Å². The van der Waals surface area contributed by atoms with Gasteiger partial charge in [0.15, 0.2) is 6.23 Å². The van der Waals surface area contributed by atoms with Gasteiger partial charge in [-0.05, 0) is 0 Å². The zero-order valence-corrected chi connectivity index (χ0v) is 18.8. The molecule has 182 valence electrons. The highest BCUT2D eigenvalue weighted by molar-refractivity contribution is 5.61. The molecule has 7 rings (SSSR count). The highest BCUT2D eigenvalue weighted by Gasteiger charge is 2.73. The van der Waals surface area contributed by atoms with Gasteiger partial charge in [-0.2, -0.15) is 20.4 Å². The molecule has 2 fully saturated rings. The van der Waals surface area contributed by atoms with E-state index in [1.165, 1.54) is 0 Å². The second-order valence-corrected chi connectivity index (χ2v) is 8.57. The summed E-state index contributed by atoms with van der Waals surface area (Å²) in [5.41, 5.74) is 2.98. The maximum atomic E-state index is 7.19. The summed E-state index contributed by atoms with van der Waals surface area (Å²) in [6.45, 7) is 4.04. The van der Waals surface area contributed by atoms with Crippen LogP contribution in [0.5, 0.6) is 0 Å². The van der Waals surface area contributed by atoms with Crippen LogP contribution in [0.2, 0.25) is 0 Å². The minimum absolute atomic E-state index is 0.358. The number of anilines is 1. The van der Waals surface area contributed by atoms with Crippen molar-refractivity contribution in [1.29, 1.82) is 0 Å². The van der Waals surface area contributed by atoms with E-state index < -0.39 is 17.7 Å². The van der Waals surface area contributed by atoms with Crippen LogP contribution in [-0.2, 0) is 16.2 Å². The van der Waals surface area contributed by atoms with Crippen LogP contribution in [0.15, 0.2) is 52.7 Å². The van der Waals surface area contributed by atoms with Crippen LogP contribution in [0.3, 0.4) is 0 Å². The lowest BCUT2D eigenvalue weighted by molar-refractivity contribution is -0.184. The molecular formula is C20H25N13O2. The number of nitrogens with zero attached hydrogens (tertiary/aromatic N) is 9. The molecule has 0 aliphatic carbocycles. The van der Waals surface area contributed by atoms with Crippen molar-refractivity contribution in [2.45, 2.75) is 17.7 Å². The summed E-state index contributed by atoms with van der Waals surface area (Å²) < 4.78 is 13.2. The smallest absolute Gasteiger partial charge is 0.309 e. The predicted molar refractivity (Wildman–Crippen MR) is 121 cm³/mol. The Morgan fingerprint density at radius 1 is 1.17 bits per heavy atom. The Morgan fingerprint density at radius 2 is 2.17 bits per heavy atom. The number of nitrogens with one attached hydrogen (secondary N) is 4. The number of aromatic nitrogens is 6. The van der Waals surface area contributed by atoms with Crippen molar-refractivity contribution >= 4 is 12.3 Å². The van der Waals surface area contributed by atoms with E-state index in [-0.39, 0.29) is 0 Å². The molecule has 0 radical (unpaired) electrons. The van der Waals surface area contributed by atoms with Crippen molar-refractivity contribution in [3.63, 3.8) is 0 Å². The average molecular weight is 480 g/mol. The molecule has 4 N–H and O–H groups in total. The molecule has 2 saturated heterocycles. The molecule has 3 unspecified atom stereocenters. The van der Waals surface area contributed by atoms with E-state index in [0.717, 1.165) is 13.1 Å². The van der Waals surface area contributed by atoms with E-state index in [0.29, 0.717) is 43.8 Å². The van der Waals surface area contributed by atoms with E-state index in [2.05, 4.69) is 51.0 Å². The molecule has 3 aromatic rings. The first-order valence-corrected chi connectivity index (χ1v) is 11.5. The van der Waals surface area contributed by atoms with E-state index in [1.807, 2.05) is 22.1 Å². The first-order valence-electron chi connectivity index (χ1n) is 11.5. The van der Waals surface area contributed by atoms with Crippen LogP contribution in [-0.4, -0.2) is 97.1 Å². The summed E-state index contributed by atoms with van der Waals surface area (Å²) >= 11 is 0. The van der Waals surface area contributed by atoms with Crippen molar-refractivity contribution in [1.82, 2.24) is 55.9 Å². The van der Waals surface area contributed by atoms with Crippen molar-refractivity contribution < 1.29 is 9.15 Å². The third-order valence-electron chi connectivity index (χ3n) is 6.81. The standard InChI is InChI=1S/C20H25N13O2/c1-2-27-32(8-1)19(15-12-26-29-28-15)17(30-9-5-21-13-30)35-20(16-23-7-11-34-16,31-10-6-22-14-31)33(19)18-24-3-4-25-18/h1-4,7,11-12,14,17,21,27H,5-6,8-10,13H2,(H,24,25)(H,26,28,29). The monoisotopic (exact) mass is 479 g/mol. The fourth-order valence-electron chi connectivity index (χ4n) is 5.43. The average Bonchev–Trinajstić information content (AvgIpc) is 3.71. The number of rotatable bonds is 6. The van der Waals surface area contributed by atoms with Crippen LogP contribution in [0.25, 0.3) is 0 Å². The molecule has 4 aliphatic heterocycles. The number of H-pyrrole nitrogens is 2. The van der Waals surface area contributed by atoms with Gasteiger partial charge in [0.05, 0.1) is 31.9 Å². The molecule has 7 heterocycles. The molecule has 0 amide bonds. The second kappa shape index (κ2) is 7.88. The number of ether oxygens (including phenoxy) is 1. The van der Waals surface area contributed by atoms with Gasteiger partial charge in [-0.25, -0.2) is 9.97 Å². The topological polar surface area (TPSA) is 155 Å². The number of imidazole rings is 1. The maximum absolute atomic E-state index is 7.19. The number of aromatic amines is 2. The summed E-state index contributed by atoms with van der Waals surface area (Å²) in [4.78, 5) is 23.4. The normalized spacial score (nSPS) is 31.3. The first kappa shape index (κ1) is 20.6. The van der Waals surface area contributed by atoms with Crippen LogP contribution in [0.1, 0.15) is 11.6 Å². The minimum Gasteiger partial charge on any atom is -0.443 e. The lowest BCUT2D eigenvalue weighted by Gasteiger charge is -2.49. The molecule has 3 atom stereocenters. The number of hydrazine groups is 1. The molecule has 0 aromatic carbocycles. The van der Waals surface area contributed by atoms with Gasteiger partial charge in [0, 0.05) is 44.8 Å². The fraction of sp³-hybridized carbons (Fsp3) is 0.450. The van der Waals surface area contributed by atoms with Crippen LogP contribution in [0.4, 0.5) is 5.95 Å². The molecular weight excluding hydrogens is 454 g/mol. The largest absolute Gasteiger partial charge is 0.443 e. The minimum atomic E-state index is -1.34. The van der Waals surface area contributed by atoms with Crippen molar-refractivity contribution in [2.75, 3.05) is 44.3 Å². The molecule has 0 saturated carbocycles. The number of oxazole rings is 1. The number of aliphatic imine (C=N–C) groups is 1. The van der Waals surface area contributed by atoms with Crippen LogP contribution in [0, 0.1) is 0 Å². The van der Waals surface area contributed by atoms with E-state index in [4.69, 9.17) is 14.1 Å². The van der Waals surface area contributed by atoms with Gasteiger partial charge in [0.1, 0.15) is 12.0 Å². The SMILES string of the molecule is C1=CNN(C2(c3cn[nH]n3)C(N3CCNC3)OC(c3ncco3)(N3C=NCC3)N2c2ncc[nH]2)C1. The fourth-order valence-corrected chi connectivity index (χ4v) is 5.43. The highest BCUT2D eigenvalue weighted by Crippen LogP contribution is 2.55. The molecule has 15 heteroatoms. The number of hydrogen-bond acceptors (Lipinski definition) is 13.